The second-order valence-corrected chi connectivity index (χ2v) is 13.1. The van der Waals surface area contributed by atoms with Crippen LogP contribution in [0.4, 0.5) is 23.2 Å². The Morgan fingerprint density at radius 1 is 1.30 bits per heavy atom. The van der Waals surface area contributed by atoms with Gasteiger partial charge >= 0.3 is 6.18 Å². The number of piperidine rings is 1. The Balaban J connectivity index is 1.57. The molecular weight excluding hydrogens is 642 g/mol. The van der Waals surface area contributed by atoms with Gasteiger partial charge in [0.05, 0.1) is 53.1 Å². The van der Waals surface area contributed by atoms with E-state index in [-0.39, 0.29) is 48.8 Å². The number of benzene rings is 1. The summed E-state index contributed by atoms with van der Waals surface area (Å²) in [5, 5.41) is 22.1. The van der Waals surface area contributed by atoms with Crippen molar-refractivity contribution in [1.29, 1.82) is 0 Å². The zero-order valence-electron chi connectivity index (χ0n) is 26.1. The van der Waals surface area contributed by atoms with Gasteiger partial charge in [-0.15, -0.1) is 12.3 Å². The number of methoxy groups -OCH3 is 2. The fourth-order valence-electron chi connectivity index (χ4n) is 5.94. The number of primary sulfonamides is 1. The molecule has 1 aromatic carbocycles. The molecule has 256 valence electrons. The maximum absolute atomic E-state index is 15.2. The number of β-amino-alcohol motifs (C(OH)–C–C–N with tert-alkyl or cyclic N) is 1. The predicted octanol–water partition coefficient (Wildman–Crippen LogP) is 2.50. The molecule has 10 nitrogen and oxygen atoms in total. The quantitative estimate of drug-likeness (QED) is 0.199. The van der Waals surface area contributed by atoms with E-state index in [4.69, 9.17) is 21.0 Å². The van der Waals surface area contributed by atoms with E-state index in [1.54, 1.807) is 18.2 Å². The first-order chi connectivity index (χ1) is 22.2. The van der Waals surface area contributed by atoms with Gasteiger partial charge in [-0.05, 0) is 42.7 Å². The van der Waals surface area contributed by atoms with Crippen molar-refractivity contribution < 1.29 is 40.6 Å². The highest BCUT2D eigenvalue weighted by atomic mass is 32.2. The lowest BCUT2D eigenvalue weighted by atomic mass is 9.85. The molecule has 1 fully saturated rings. The normalized spacial score (nSPS) is 24.3. The summed E-state index contributed by atoms with van der Waals surface area (Å²) in [5.41, 5.74) is -0.204. The van der Waals surface area contributed by atoms with E-state index in [0.717, 1.165) is 4.57 Å². The second-order valence-electron chi connectivity index (χ2n) is 11.6. The lowest BCUT2D eigenvalue weighted by molar-refractivity contribution is -0.140. The molecule has 5 atom stereocenters. The third-order valence-corrected chi connectivity index (χ3v) is 9.07. The summed E-state index contributed by atoms with van der Waals surface area (Å²) in [6.45, 7) is -0.303. The number of rotatable bonds is 12. The highest BCUT2D eigenvalue weighted by Crippen LogP contribution is 2.32. The van der Waals surface area contributed by atoms with Gasteiger partial charge in [-0.1, -0.05) is 18.1 Å². The predicted molar refractivity (Wildman–Crippen MR) is 171 cm³/mol. The van der Waals surface area contributed by atoms with Crippen LogP contribution in [0.25, 0.3) is 10.9 Å². The van der Waals surface area contributed by atoms with Crippen LogP contribution in [0, 0.1) is 24.2 Å². The summed E-state index contributed by atoms with van der Waals surface area (Å²) >= 11 is 0. The molecule has 15 heteroatoms. The van der Waals surface area contributed by atoms with Crippen LogP contribution in [0.3, 0.4) is 0 Å². The minimum absolute atomic E-state index is 0.0374. The molecule has 5 N–H and O–H groups in total. The average molecular weight is 682 g/mol. The number of allylic oxidation sites excluding steroid dienone is 1. The number of hydrogen-bond donors (Lipinski definition) is 4. The summed E-state index contributed by atoms with van der Waals surface area (Å²) in [4.78, 5) is 1.67. The number of aliphatic hydroxyl groups excluding tert-OH is 1. The number of fused-ring (bicyclic) bond motifs is 1. The van der Waals surface area contributed by atoms with E-state index in [2.05, 4.69) is 28.4 Å². The van der Waals surface area contributed by atoms with Crippen molar-refractivity contribution in [2.24, 2.45) is 5.14 Å². The third kappa shape index (κ3) is 9.15. The van der Waals surface area contributed by atoms with E-state index in [1.807, 2.05) is 4.90 Å². The molecule has 4 rings (SSSR count). The molecule has 1 aliphatic heterocycles. The molecule has 2 heterocycles. The number of hydrogen-bond acceptors (Lipinski definition) is 8. The van der Waals surface area contributed by atoms with Crippen molar-refractivity contribution in [3.63, 3.8) is 0 Å². The van der Waals surface area contributed by atoms with Crippen LogP contribution in [0.15, 0.2) is 47.4 Å². The molecule has 0 amide bonds. The van der Waals surface area contributed by atoms with Crippen molar-refractivity contribution in [2.45, 2.75) is 55.5 Å². The van der Waals surface area contributed by atoms with Gasteiger partial charge in [0.2, 0.25) is 10.0 Å². The standard InChI is InChI=1S/C32H39F4N5O5S/c1-4-12-31(13-10-24(47(37,43)44)17-30(31)46-3)38-14-6-7-22-16-25-27(8-5-9-29(25)41(22)21-32(34,35)36)39-28-11-15-40(19-26(28)33)18-23(42)20-45-2/h1,5,8-10,13,16-17,23,26,28,30,38-39,42H,11-12,14-15,18-21H2,2-3H3,(H2,37,43,44)/t23?,26-,28+,30?,31?/m1/s1. The van der Waals surface area contributed by atoms with Gasteiger partial charge in [-0.3, -0.25) is 10.2 Å². The van der Waals surface area contributed by atoms with Gasteiger partial charge in [-0.25, -0.2) is 17.9 Å². The first-order valence-electron chi connectivity index (χ1n) is 14.8. The van der Waals surface area contributed by atoms with Gasteiger partial charge in [0, 0.05) is 51.3 Å². The number of alkyl halides is 4. The molecule has 47 heavy (non-hydrogen) atoms. The van der Waals surface area contributed by atoms with Crippen LogP contribution in [-0.2, 0) is 26.0 Å². The van der Waals surface area contributed by atoms with E-state index in [0.29, 0.717) is 24.0 Å². The third-order valence-electron chi connectivity index (χ3n) is 8.15. The van der Waals surface area contributed by atoms with Crippen molar-refractivity contribution >= 4 is 26.6 Å². The van der Waals surface area contributed by atoms with Crippen molar-refractivity contribution in [1.82, 2.24) is 14.8 Å². The van der Waals surface area contributed by atoms with Crippen LogP contribution in [0.2, 0.25) is 0 Å². The minimum Gasteiger partial charge on any atom is -0.389 e. The van der Waals surface area contributed by atoms with E-state index >= 15 is 4.39 Å². The molecule has 1 saturated heterocycles. The Bertz CT molecular complexity index is 1690. The van der Waals surface area contributed by atoms with Gasteiger partial charge in [0.1, 0.15) is 12.7 Å². The van der Waals surface area contributed by atoms with Gasteiger partial charge in [0.15, 0.2) is 0 Å². The Hall–Kier alpha value is -3.41. The van der Waals surface area contributed by atoms with E-state index in [9.17, 15) is 26.7 Å². The van der Waals surface area contributed by atoms with Crippen molar-refractivity contribution in [3.8, 4) is 24.2 Å². The van der Waals surface area contributed by atoms with Crippen LogP contribution in [-0.4, -0.2) is 106 Å². The fourth-order valence-corrected chi connectivity index (χ4v) is 6.51. The molecule has 2 aromatic rings. The number of nitrogens with one attached hydrogen (secondary N) is 2. The number of nitrogens with two attached hydrogens (primary N) is 1. The van der Waals surface area contributed by atoms with E-state index in [1.165, 1.54) is 38.5 Å². The molecule has 1 aromatic heterocycles. The maximum Gasteiger partial charge on any atom is 0.406 e. The number of aromatic nitrogens is 1. The first kappa shape index (κ1) is 36.4. The lowest BCUT2D eigenvalue weighted by Crippen LogP contribution is -2.54. The molecule has 0 bridgehead atoms. The van der Waals surface area contributed by atoms with Crippen LogP contribution >= 0.6 is 0 Å². The summed E-state index contributed by atoms with van der Waals surface area (Å²) in [6, 6.07) is 5.79. The summed E-state index contributed by atoms with van der Waals surface area (Å²) in [7, 11) is -1.15. The minimum atomic E-state index is -4.54. The highest BCUT2D eigenvalue weighted by Gasteiger charge is 2.38. The van der Waals surface area contributed by atoms with Crippen LogP contribution in [0.5, 0.6) is 0 Å². The Morgan fingerprint density at radius 3 is 2.70 bits per heavy atom. The number of sulfonamides is 1. The van der Waals surface area contributed by atoms with Crippen molar-refractivity contribution in [3.05, 3.63) is 53.1 Å². The first-order valence-corrected chi connectivity index (χ1v) is 16.4. The second kappa shape index (κ2) is 15.2. The largest absolute Gasteiger partial charge is 0.406 e. The lowest BCUT2D eigenvalue weighted by Gasteiger charge is -2.37. The molecule has 0 saturated carbocycles. The number of aliphatic hydroxyl groups is 1. The van der Waals surface area contributed by atoms with E-state index < -0.39 is 52.7 Å². The Morgan fingerprint density at radius 2 is 2.06 bits per heavy atom. The molecule has 0 spiro atoms. The molecule has 0 radical (unpaired) electrons. The summed E-state index contributed by atoms with van der Waals surface area (Å²) < 4.78 is 91.6. The maximum atomic E-state index is 15.2. The highest BCUT2D eigenvalue weighted by molar-refractivity contribution is 7.93. The summed E-state index contributed by atoms with van der Waals surface area (Å²) in [5.74, 6) is 8.21. The molecular formula is C32H39F4N5O5S. The van der Waals surface area contributed by atoms with Gasteiger partial charge < -0.3 is 24.5 Å². The van der Waals surface area contributed by atoms with Crippen molar-refractivity contribution in [2.75, 3.05) is 52.3 Å². The molecule has 2 aliphatic rings. The monoisotopic (exact) mass is 681 g/mol. The molecule has 1 aliphatic carbocycles. The fraction of sp³-hybridized carbons (Fsp3) is 0.500. The number of terminal acetylenes is 1. The van der Waals surface area contributed by atoms with Gasteiger partial charge in [-0.2, -0.15) is 13.2 Å². The van der Waals surface area contributed by atoms with Crippen LogP contribution < -0.4 is 15.8 Å². The number of anilines is 1. The SMILES string of the molecule is C#CCC1(NCC#Cc2cc3c(N[C@H]4CCN(CC(O)COC)C[C@H]4F)cccc3n2CC(F)(F)F)C=CC(S(N)(=O)=O)=CC1OC. The number of nitrogens with zero attached hydrogens (tertiary/aromatic N) is 2. The average Bonchev–Trinajstić information content (AvgIpc) is 3.33. The zero-order chi connectivity index (χ0) is 34.4. The number of ether oxygens (including phenoxy) is 2. The topological polar surface area (TPSA) is 131 Å². The zero-order valence-corrected chi connectivity index (χ0v) is 26.9. The number of halogens is 4. The van der Waals surface area contributed by atoms with Crippen LogP contribution in [0.1, 0.15) is 18.5 Å². The Labute approximate surface area is 272 Å². The summed E-state index contributed by atoms with van der Waals surface area (Å²) in [6.07, 6.45) is 2.88. The van der Waals surface area contributed by atoms with Gasteiger partial charge in [0.25, 0.3) is 0 Å². The number of likely N-dealkylation sites (tertiary alicyclic amines) is 1. The Kier molecular flexibility index (Phi) is 11.8. The molecule has 3 unspecified atom stereocenters. The smallest absolute Gasteiger partial charge is 0.389 e.